The minimum absolute atomic E-state index is 0.0998. The molecule has 0 aliphatic heterocycles. The Balaban J connectivity index is 3.48. The summed E-state index contributed by atoms with van der Waals surface area (Å²) in [5, 5.41) is 0. The predicted octanol–water partition coefficient (Wildman–Crippen LogP) is 3.99. The normalized spacial score (nSPS) is 12.6. The summed E-state index contributed by atoms with van der Waals surface area (Å²) in [6, 6.07) is 4.89. The summed E-state index contributed by atoms with van der Waals surface area (Å²) >= 11 is 0. The molecule has 16 heavy (non-hydrogen) atoms. The van der Waals surface area contributed by atoms with Crippen molar-refractivity contribution in [2.45, 2.75) is 39.5 Å². The van der Waals surface area contributed by atoms with Crippen molar-refractivity contribution in [1.82, 2.24) is 0 Å². The Labute approximate surface area is 94.9 Å². The van der Waals surface area contributed by atoms with Gasteiger partial charge in [-0.3, -0.25) is 0 Å². The fourth-order valence-corrected chi connectivity index (χ4v) is 1.99. The van der Waals surface area contributed by atoms with E-state index in [1.807, 2.05) is 0 Å². The molecule has 0 unspecified atom stereocenters. The highest BCUT2D eigenvalue weighted by atomic mass is 19.4. The van der Waals surface area contributed by atoms with Gasteiger partial charge < -0.3 is 12.9 Å². The first-order chi connectivity index (χ1) is 7.25. The number of halogens is 3. The third-order valence-corrected chi connectivity index (χ3v) is 2.74. The summed E-state index contributed by atoms with van der Waals surface area (Å²) in [6.07, 6.45) is 0. The lowest BCUT2D eigenvalue weighted by molar-refractivity contribution is 0.498. The van der Waals surface area contributed by atoms with E-state index in [2.05, 4.69) is 0 Å². The molecule has 0 atom stereocenters. The van der Waals surface area contributed by atoms with Crippen molar-refractivity contribution in [3.63, 3.8) is 0 Å². The predicted molar refractivity (Wildman–Crippen MR) is 63.3 cm³/mol. The van der Waals surface area contributed by atoms with Crippen LogP contribution in [0.5, 0.6) is 0 Å². The Morgan fingerprint density at radius 1 is 0.875 bits per heavy atom. The number of hydrogen-bond donors (Lipinski definition) is 0. The van der Waals surface area contributed by atoms with Crippen LogP contribution < -0.4 is 5.46 Å². The molecule has 0 aliphatic carbocycles. The van der Waals surface area contributed by atoms with E-state index < -0.39 is 6.98 Å². The third kappa shape index (κ3) is 2.60. The van der Waals surface area contributed by atoms with Crippen LogP contribution in [0.1, 0.15) is 50.7 Å². The van der Waals surface area contributed by atoms with Gasteiger partial charge in [-0.2, -0.15) is 0 Å². The van der Waals surface area contributed by atoms with E-state index in [4.69, 9.17) is 0 Å². The molecule has 1 aromatic rings. The molecule has 0 spiro atoms. The monoisotopic (exact) mass is 229 g/mol. The number of hydrogen-bond acceptors (Lipinski definition) is 0. The van der Waals surface area contributed by atoms with Crippen LogP contribution in [0.15, 0.2) is 18.2 Å². The fourth-order valence-electron chi connectivity index (χ4n) is 1.99. The summed E-state index contributed by atoms with van der Waals surface area (Å²) < 4.78 is 39.3. The maximum atomic E-state index is 13.1. The zero-order valence-corrected chi connectivity index (χ0v) is 10.1. The van der Waals surface area contributed by atoms with Crippen LogP contribution in [0.3, 0.4) is 0 Å². The lowest BCUT2D eigenvalue weighted by Gasteiger charge is -2.27. The van der Waals surface area contributed by atoms with Crippen molar-refractivity contribution in [3.05, 3.63) is 29.3 Å². The summed E-state index contributed by atoms with van der Waals surface area (Å²) in [4.78, 5) is 0. The first-order valence-corrected chi connectivity index (χ1v) is 5.57. The van der Waals surface area contributed by atoms with Crippen molar-refractivity contribution in [2.75, 3.05) is 0 Å². The first-order valence-electron chi connectivity index (χ1n) is 5.57. The average molecular weight is 229 g/mol. The van der Waals surface area contributed by atoms with E-state index in [1.54, 1.807) is 45.9 Å². The maximum absolute atomic E-state index is 13.1. The second kappa shape index (κ2) is 4.52. The fraction of sp³-hybridized carbons (Fsp3) is 0.500. The van der Waals surface area contributed by atoms with Crippen LogP contribution in [0.2, 0.25) is 0 Å². The Bertz CT molecular complexity index is 341. The molecule has 0 bridgehead atoms. The van der Waals surface area contributed by atoms with Gasteiger partial charge in [-0.25, -0.2) is 0 Å². The van der Waals surface area contributed by atoms with Gasteiger partial charge in [-0.1, -0.05) is 57.0 Å². The van der Waals surface area contributed by atoms with E-state index in [9.17, 15) is 12.9 Å². The minimum atomic E-state index is -4.93. The molecule has 0 N–H and O–H groups in total. The second-order valence-electron chi connectivity index (χ2n) is 4.73. The lowest BCUT2D eigenvalue weighted by atomic mass is 9.69. The van der Waals surface area contributed by atoms with Crippen molar-refractivity contribution < 1.29 is 12.9 Å². The second-order valence-corrected chi connectivity index (χ2v) is 4.73. The maximum Gasteiger partial charge on any atom is 0.510 e. The molecule has 90 valence electrons. The largest absolute Gasteiger partial charge is 0.510 e. The zero-order chi connectivity index (χ0) is 12.5. The molecule has 0 amide bonds. The highest BCUT2D eigenvalue weighted by molar-refractivity contribution is 6.74. The van der Waals surface area contributed by atoms with E-state index >= 15 is 0 Å². The van der Waals surface area contributed by atoms with E-state index in [0.717, 1.165) is 0 Å². The van der Waals surface area contributed by atoms with E-state index in [1.165, 1.54) is 0 Å². The summed E-state index contributed by atoms with van der Waals surface area (Å²) in [7, 11) is 0. The number of rotatable bonds is 3. The summed E-state index contributed by atoms with van der Waals surface area (Å²) in [5.41, 5.74) is 0.449. The quantitative estimate of drug-likeness (QED) is 0.687. The van der Waals surface area contributed by atoms with Crippen molar-refractivity contribution in [2.24, 2.45) is 0 Å². The lowest BCUT2D eigenvalue weighted by Crippen LogP contribution is -2.40. The van der Waals surface area contributed by atoms with Gasteiger partial charge in [0.15, 0.2) is 0 Å². The highest BCUT2D eigenvalue weighted by Crippen LogP contribution is 2.24. The van der Waals surface area contributed by atoms with Gasteiger partial charge >= 0.3 is 6.98 Å². The molecule has 4 heteroatoms. The van der Waals surface area contributed by atoms with Crippen LogP contribution >= 0.6 is 0 Å². The molecular weight excluding hydrogens is 212 g/mol. The molecular formula is C12H17BF3-. The number of benzene rings is 1. The Hall–Kier alpha value is -0.925. The Morgan fingerprint density at radius 2 is 1.25 bits per heavy atom. The van der Waals surface area contributed by atoms with Gasteiger partial charge in [-0.15, -0.1) is 5.46 Å². The van der Waals surface area contributed by atoms with Gasteiger partial charge in [0.2, 0.25) is 0 Å². The smallest absolute Gasteiger partial charge is 0.445 e. The van der Waals surface area contributed by atoms with Gasteiger partial charge in [-0.05, 0) is 11.8 Å². The van der Waals surface area contributed by atoms with Gasteiger partial charge in [0.05, 0.1) is 0 Å². The van der Waals surface area contributed by atoms with Crippen molar-refractivity contribution in [1.29, 1.82) is 0 Å². The van der Waals surface area contributed by atoms with Gasteiger partial charge in [0.1, 0.15) is 0 Å². The third-order valence-electron chi connectivity index (χ3n) is 2.74. The van der Waals surface area contributed by atoms with Crippen LogP contribution in [0.4, 0.5) is 12.9 Å². The topological polar surface area (TPSA) is 0 Å². The molecule has 0 aromatic heterocycles. The van der Waals surface area contributed by atoms with E-state index in [-0.39, 0.29) is 17.3 Å². The first kappa shape index (κ1) is 13.1. The molecule has 1 rings (SSSR count). The molecule has 0 radical (unpaired) electrons. The van der Waals surface area contributed by atoms with E-state index in [0.29, 0.717) is 11.1 Å². The summed E-state index contributed by atoms with van der Waals surface area (Å²) in [6.45, 7) is 2.25. The Kier molecular flexibility index (Phi) is 3.71. The van der Waals surface area contributed by atoms with Crippen molar-refractivity contribution in [3.8, 4) is 0 Å². The molecule has 0 aliphatic rings. The van der Waals surface area contributed by atoms with Crippen LogP contribution in [-0.4, -0.2) is 6.98 Å². The molecule has 0 nitrogen and oxygen atoms in total. The zero-order valence-electron chi connectivity index (χ0n) is 10.1. The Morgan fingerprint density at radius 3 is 1.50 bits per heavy atom. The minimum Gasteiger partial charge on any atom is -0.445 e. The molecule has 0 saturated heterocycles. The molecule has 0 saturated carbocycles. The molecule has 0 heterocycles. The summed E-state index contributed by atoms with van der Waals surface area (Å²) in [5.74, 6) is -0.200. The van der Waals surface area contributed by atoms with Gasteiger partial charge in [0.25, 0.3) is 0 Å². The SMILES string of the molecule is CC(C)c1cccc(C(C)C)c1[B-](F)(F)F. The molecule has 1 aromatic carbocycles. The van der Waals surface area contributed by atoms with Crippen molar-refractivity contribution >= 4 is 12.4 Å². The van der Waals surface area contributed by atoms with Crippen LogP contribution in [0, 0.1) is 0 Å². The van der Waals surface area contributed by atoms with Gasteiger partial charge in [0, 0.05) is 0 Å². The van der Waals surface area contributed by atoms with Crippen LogP contribution in [0.25, 0.3) is 0 Å². The molecule has 0 fully saturated rings. The highest BCUT2D eigenvalue weighted by Gasteiger charge is 2.31. The average Bonchev–Trinajstić information content (AvgIpc) is 2.15. The van der Waals surface area contributed by atoms with Crippen LogP contribution in [-0.2, 0) is 0 Å². The standard InChI is InChI=1S/C12H17BF3/c1-8(2)10-6-5-7-11(9(3)4)12(10)13(14,15)16/h5-9H,1-4H3/q-1.